The number of hydrogen-bond donors (Lipinski definition) is 2. The summed E-state index contributed by atoms with van der Waals surface area (Å²) in [7, 11) is 3.11. The molecule has 7 heteroatoms. The van der Waals surface area contributed by atoms with E-state index in [4.69, 9.17) is 15.2 Å². The molecule has 0 spiro atoms. The fraction of sp³-hybridized carbons (Fsp3) is 0.308. The van der Waals surface area contributed by atoms with Crippen LogP contribution in [0.3, 0.4) is 0 Å². The van der Waals surface area contributed by atoms with Gasteiger partial charge < -0.3 is 20.5 Å². The van der Waals surface area contributed by atoms with Crippen LogP contribution in [0.4, 0.5) is 11.9 Å². The normalized spacial score (nSPS) is 11.8. The summed E-state index contributed by atoms with van der Waals surface area (Å²) in [5, 5.41) is 3.15. The molecule has 106 valence electrons. The second-order valence-corrected chi connectivity index (χ2v) is 4.14. The van der Waals surface area contributed by atoms with Crippen LogP contribution in [0.15, 0.2) is 24.3 Å². The smallest absolute Gasteiger partial charge is 0.322 e. The van der Waals surface area contributed by atoms with E-state index in [0.717, 1.165) is 11.3 Å². The molecule has 0 saturated heterocycles. The van der Waals surface area contributed by atoms with E-state index in [1.165, 1.54) is 7.11 Å². The summed E-state index contributed by atoms with van der Waals surface area (Å²) in [5.41, 5.74) is 6.66. The SMILES string of the molecule is COc1ccc(C(C)Nc2nc(N)nc(OC)n2)cc1. The van der Waals surface area contributed by atoms with Gasteiger partial charge >= 0.3 is 6.01 Å². The third kappa shape index (κ3) is 3.25. The van der Waals surface area contributed by atoms with Gasteiger partial charge in [0.25, 0.3) is 0 Å². The second kappa shape index (κ2) is 6.05. The molecule has 0 bridgehead atoms. The van der Waals surface area contributed by atoms with Gasteiger partial charge in [0.15, 0.2) is 0 Å². The van der Waals surface area contributed by atoms with E-state index in [2.05, 4.69) is 20.3 Å². The lowest BCUT2D eigenvalue weighted by molar-refractivity contribution is 0.379. The van der Waals surface area contributed by atoms with Crippen LogP contribution in [0.5, 0.6) is 11.8 Å². The zero-order chi connectivity index (χ0) is 14.5. The van der Waals surface area contributed by atoms with Crippen molar-refractivity contribution in [3.8, 4) is 11.8 Å². The Bertz CT molecular complexity index is 573. The minimum Gasteiger partial charge on any atom is -0.497 e. The van der Waals surface area contributed by atoms with Crippen molar-refractivity contribution in [2.24, 2.45) is 0 Å². The Kier molecular flexibility index (Phi) is 4.19. The predicted octanol–water partition coefficient (Wildman–Crippen LogP) is 1.64. The molecule has 20 heavy (non-hydrogen) atoms. The van der Waals surface area contributed by atoms with Crippen molar-refractivity contribution < 1.29 is 9.47 Å². The molecule has 0 fully saturated rings. The highest BCUT2D eigenvalue weighted by molar-refractivity contribution is 5.37. The van der Waals surface area contributed by atoms with E-state index >= 15 is 0 Å². The summed E-state index contributed by atoms with van der Waals surface area (Å²) in [6, 6.07) is 7.93. The van der Waals surface area contributed by atoms with Gasteiger partial charge in [-0.25, -0.2) is 0 Å². The first-order chi connectivity index (χ1) is 9.62. The van der Waals surface area contributed by atoms with Gasteiger partial charge in [0.2, 0.25) is 11.9 Å². The van der Waals surface area contributed by atoms with E-state index in [1.807, 2.05) is 31.2 Å². The van der Waals surface area contributed by atoms with Crippen LogP contribution in [0, 0.1) is 0 Å². The summed E-state index contributed by atoms with van der Waals surface area (Å²) in [5.74, 6) is 1.30. The summed E-state index contributed by atoms with van der Waals surface area (Å²) in [4.78, 5) is 11.9. The minimum atomic E-state index is 0.00686. The summed E-state index contributed by atoms with van der Waals surface area (Å²) >= 11 is 0. The largest absolute Gasteiger partial charge is 0.497 e. The Morgan fingerprint density at radius 1 is 1.05 bits per heavy atom. The highest BCUT2D eigenvalue weighted by Gasteiger charge is 2.10. The minimum absolute atomic E-state index is 0.00686. The standard InChI is InChI=1S/C13H17N5O2/c1-8(9-4-6-10(19-2)7-5-9)15-12-16-11(14)17-13(18-12)20-3/h4-8H,1-3H3,(H3,14,15,16,17,18). The van der Waals surface area contributed by atoms with Crippen molar-refractivity contribution in [1.29, 1.82) is 0 Å². The first-order valence-electron chi connectivity index (χ1n) is 6.08. The maximum Gasteiger partial charge on any atom is 0.322 e. The number of aromatic nitrogens is 3. The Morgan fingerprint density at radius 3 is 2.35 bits per heavy atom. The fourth-order valence-corrected chi connectivity index (χ4v) is 1.70. The van der Waals surface area contributed by atoms with Crippen LogP contribution in [0.1, 0.15) is 18.5 Å². The first kappa shape index (κ1) is 13.9. The van der Waals surface area contributed by atoms with Gasteiger partial charge in [-0.15, -0.1) is 0 Å². The molecule has 1 aromatic carbocycles. The third-order valence-electron chi connectivity index (χ3n) is 2.78. The molecular formula is C13H17N5O2. The molecule has 1 atom stereocenters. The zero-order valence-electron chi connectivity index (χ0n) is 11.6. The molecule has 1 unspecified atom stereocenters. The fourth-order valence-electron chi connectivity index (χ4n) is 1.70. The van der Waals surface area contributed by atoms with E-state index in [-0.39, 0.29) is 18.0 Å². The van der Waals surface area contributed by atoms with Crippen LogP contribution in [-0.2, 0) is 0 Å². The van der Waals surface area contributed by atoms with E-state index < -0.39 is 0 Å². The maximum atomic E-state index is 5.59. The monoisotopic (exact) mass is 275 g/mol. The Labute approximate surface area is 117 Å². The van der Waals surface area contributed by atoms with Crippen molar-refractivity contribution in [1.82, 2.24) is 15.0 Å². The molecule has 2 aromatic rings. The van der Waals surface area contributed by atoms with Crippen molar-refractivity contribution in [2.45, 2.75) is 13.0 Å². The van der Waals surface area contributed by atoms with Crippen molar-refractivity contribution in [2.75, 3.05) is 25.3 Å². The Hall–Kier alpha value is -2.57. The second-order valence-electron chi connectivity index (χ2n) is 4.14. The van der Waals surface area contributed by atoms with E-state index in [9.17, 15) is 0 Å². The molecule has 3 N–H and O–H groups in total. The third-order valence-corrected chi connectivity index (χ3v) is 2.78. The molecule has 0 radical (unpaired) electrons. The first-order valence-corrected chi connectivity index (χ1v) is 6.08. The average Bonchev–Trinajstić information content (AvgIpc) is 2.46. The van der Waals surface area contributed by atoms with Crippen LogP contribution in [0.25, 0.3) is 0 Å². The summed E-state index contributed by atoms with van der Waals surface area (Å²) < 4.78 is 10.1. The molecule has 0 saturated carbocycles. The van der Waals surface area contributed by atoms with Crippen molar-refractivity contribution in [3.63, 3.8) is 0 Å². The van der Waals surface area contributed by atoms with Crippen LogP contribution in [-0.4, -0.2) is 29.2 Å². The predicted molar refractivity (Wildman–Crippen MR) is 75.8 cm³/mol. The number of nitrogens with zero attached hydrogens (tertiary/aromatic N) is 3. The molecule has 0 aliphatic heterocycles. The van der Waals surface area contributed by atoms with Gasteiger partial charge in [0.1, 0.15) is 5.75 Å². The number of ether oxygens (including phenoxy) is 2. The highest BCUT2D eigenvalue weighted by Crippen LogP contribution is 2.20. The van der Waals surface area contributed by atoms with Crippen LogP contribution < -0.4 is 20.5 Å². The molecule has 7 nitrogen and oxygen atoms in total. The zero-order valence-corrected chi connectivity index (χ0v) is 11.6. The van der Waals surface area contributed by atoms with Gasteiger partial charge in [0, 0.05) is 0 Å². The number of nitrogens with two attached hydrogens (primary N) is 1. The van der Waals surface area contributed by atoms with Gasteiger partial charge in [0.05, 0.1) is 20.3 Å². The van der Waals surface area contributed by atoms with Gasteiger partial charge in [-0.3, -0.25) is 0 Å². The number of nitrogen functional groups attached to an aromatic ring is 1. The number of methoxy groups -OCH3 is 2. The molecule has 0 aliphatic carbocycles. The Balaban J connectivity index is 2.13. The lowest BCUT2D eigenvalue weighted by atomic mass is 10.1. The van der Waals surface area contributed by atoms with E-state index in [0.29, 0.717) is 5.95 Å². The lowest BCUT2D eigenvalue weighted by Crippen LogP contribution is -2.12. The topological polar surface area (TPSA) is 95.2 Å². The van der Waals surface area contributed by atoms with Crippen LogP contribution >= 0.6 is 0 Å². The molecule has 1 heterocycles. The van der Waals surface area contributed by atoms with Gasteiger partial charge in [-0.2, -0.15) is 15.0 Å². The lowest BCUT2D eigenvalue weighted by Gasteiger charge is -2.15. The summed E-state index contributed by atoms with van der Waals surface area (Å²) in [6.07, 6.45) is 0. The number of benzene rings is 1. The number of rotatable bonds is 5. The molecule has 1 aromatic heterocycles. The molecule has 2 rings (SSSR count). The Morgan fingerprint density at radius 2 is 1.75 bits per heavy atom. The quantitative estimate of drug-likeness (QED) is 0.856. The highest BCUT2D eigenvalue weighted by atomic mass is 16.5. The summed E-state index contributed by atoms with van der Waals surface area (Å²) in [6.45, 7) is 1.99. The number of anilines is 2. The van der Waals surface area contributed by atoms with Crippen molar-refractivity contribution in [3.05, 3.63) is 29.8 Å². The molecule has 0 amide bonds. The van der Waals surface area contributed by atoms with Crippen LogP contribution in [0.2, 0.25) is 0 Å². The van der Waals surface area contributed by atoms with Gasteiger partial charge in [-0.05, 0) is 24.6 Å². The van der Waals surface area contributed by atoms with E-state index in [1.54, 1.807) is 7.11 Å². The average molecular weight is 275 g/mol. The number of nitrogens with one attached hydrogen (secondary N) is 1. The molecular weight excluding hydrogens is 258 g/mol. The molecule has 0 aliphatic rings. The number of hydrogen-bond acceptors (Lipinski definition) is 7. The maximum absolute atomic E-state index is 5.59. The van der Waals surface area contributed by atoms with Gasteiger partial charge in [-0.1, -0.05) is 12.1 Å². The van der Waals surface area contributed by atoms with Crippen molar-refractivity contribution >= 4 is 11.9 Å².